The monoisotopic (exact) mass is 561 g/mol. The molecule has 0 saturated carbocycles. The summed E-state index contributed by atoms with van der Waals surface area (Å²) in [5.41, 5.74) is 16.5. The molecule has 0 heterocycles. The van der Waals surface area contributed by atoms with Crippen LogP contribution in [0.2, 0.25) is 0 Å². The van der Waals surface area contributed by atoms with Crippen molar-refractivity contribution in [2.75, 3.05) is 0 Å². The van der Waals surface area contributed by atoms with Gasteiger partial charge in [0.25, 0.3) is 0 Å². The van der Waals surface area contributed by atoms with E-state index < -0.39 is 6.03 Å². The van der Waals surface area contributed by atoms with E-state index in [9.17, 15) is 9.59 Å². The lowest BCUT2D eigenvalue weighted by Crippen LogP contribution is -2.48. The van der Waals surface area contributed by atoms with Gasteiger partial charge in [0.1, 0.15) is 0 Å². The highest BCUT2D eigenvalue weighted by molar-refractivity contribution is 6.03. The lowest BCUT2D eigenvalue weighted by atomic mass is 9.91. The fourth-order valence-corrected chi connectivity index (χ4v) is 4.33. The van der Waals surface area contributed by atoms with E-state index in [0.29, 0.717) is 19.5 Å². The molecule has 214 valence electrons. The highest BCUT2D eigenvalue weighted by atomic mass is 16.2. The van der Waals surface area contributed by atoms with Crippen molar-refractivity contribution in [3.8, 4) is 0 Å². The number of carbonyl (C=O) groups excluding carboxylic acids is 2. The summed E-state index contributed by atoms with van der Waals surface area (Å²) in [5, 5.41) is 7.96. The average molecular weight is 562 g/mol. The molecular formula is C33H35N7O2. The van der Waals surface area contributed by atoms with Crippen molar-refractivity contribution in [2.24, 2.45) is 21.5 Å². The second-order valence-corrected chi connectivity index (χ2v) is 9.66. The summed E-state index contributed by atoms with van der Waals surface area (Å²) in [6.45, 7) is 0.950. The molecule has 9 nitrogen and oxygen atoms in total. The summed E-state index contributed by atoms with van der Waals surface area (Å²) in [7, 11) is 0. The molecule has 9 heteroatoms. The van der Waals surface area contributed by atoms with Crippen molar-refractivity contribution in [1.82, 2.24) is 16.0 Å². The summed E-state index contributed by atoms with van der Waals surface area (Å²) in [6.07, 6.45) is 0.607. The Kier molecular flexibility index (Phi) is 10.8. The van der Waals surface area contributed by atoms with Crippen LogP contribution < -0.4 is 27.4 Å². The van der Waals surface area contributed by atoms with E-state index in [0.717, 1.165) is 27.8 Å². The van der Waals surface area contributed by atoms with E-state index in [1.807, 2.05) is 115 Å². The minimum Gasteiger partial charge on any atom is -0.370 e. The van der Waals surface area contributed by atoms with E-state index in [1.54, 1.807) is 0 Å². The van der Waals surface area contributed by atoms with E-state index in [-0.39, 0.29) is 30.3 Å². The number of guanidine groups is 2. The van der Waals surface area contributed by atoms with Gasteiger partial charge in [0.2, 0.25) is 5.91 Å². The smallest absolute Gasteiger partial charge is 0.328 e. The molecule has 42 heavy (non-hydrogen) atoms. The third-order valence-corrected chi connectivity index (χ3v) is 6.45. The Morgan fingerprint density at radius 3 is 1.74 bits per heavy atom. The SMILES string of the molecule is NC(=NCc1ccccc1)NC(=O)NC(N)=NCc1cccc(CNC(=O)C(Cc2ccccc2)c2ccccc2)c1. The van der Waals surface area contributed by atoms with Crippen molar-refractivity contribution in [3.05, 3.63) is 143 Å². The number of urea groups is 1. The van der Waals surface area contributed by atoms with Gasteiger partial charge in [-0.25, -0.2) is 14.8 Å². The molecule has 0 aliphatic carbocycles. The molecule has 4 rings (SSSR count). The molecule has 0 bridgehead atoms. The van der Waals surface area contributed by atoms with Crippen LogP contribution in [0.3, 0.4) is 0 Å². The predicted octanol–water partition coefficient (Wildman–Crippen LogP) is 3.96. The van der Waals surface area contributed by atoms with Gasteiger partial charge in [-0.1, -0.05) is 115 Å². The van der Waals surface area contributed by atoms with Crippen molar-refractivity contribution < 1.29 is 9.59 Å². The minimum absolute atomic E-state index is 0.0304. The molecule has 4 aromatic carbocycles. The quantitative estimate of drug-likeness (QED) is 0.147. The Bertz CT molecular complexity index is 1510. The first kappa shape index (κ1) is 29.5. The number of carbonyl (C=O) groups is 2. The Balaban J connectivity index is 1.29. The van der Waals surface area contributed by atoms with Gasteiger partial charge in [-0.15, -0.1) is 0 Å². The van der Waals surface area contributed by atoms with Crippen LogP contribution in [0.5, 0.6) is 0 Å². The number of nitrogens with one attached hydrogen (secondary N) is 3. The molecule has 1 unspecified atom stereocenters. The molecule has 0 saturated heterocycles. The lowest BCUT2D eigenvalue weighted by molar-refractivity contribution is -0.122. The maximum absolute atomic E-state index is 13.3. The number of benzene rings is 4. The molecule has 0 fully saturated rings. The average Bonchev–Trinajstić information content (AvgIpc) is 3.02. The fourth-order valence-electron chi connectivity index (χ4n) is 4.33. The molecule has 0 radical (unpaired) electrons. The predicted molar refractivity (Wildman–Crippen MR) is 166 cm³/mol. The van der Waals surface area contributed by atoms with Gasteiger partial charge in [0.15, 0.2) is 11.9 Å². The number of hydrogen-bond acceptors (Lipinski definition) is 4. The maximum atomic E-state index is 13.3. The van der Waals surface area contributed by atoms with Crippen molar-refractivity contribution in [1.29, 1.82) is 0 Å². The van der Waals surface area contributed by atoms with Crippen LogP contribution in [0.25, 0.3) is 0 Å². The normalized spacial score (nSPS) is 12.3. The van der Waals surface area contributed by atoms with Crippen LogP contribution in [0.4, 0.5) is 4.79 Å². The molecule has 0 aromatic heterocycles. The molecule has 0 aliphatic heterocycles. The number of amides is 3. The highest BCUT2D eigenvalue weighted by Gasteiger charge is 2.20. The number of rotatable bonds is 10. The van der Waals surface area contributed by atoms with Gasteiger partial charge in [0.05, 0.1) is 19.0 Å². The third-order valence-electron chi connectivity index (χ3n) is 6.45. The zero-order valence-corrected chi connectivity index (χ0v) is 23.2. The maximum Gasteiger partial charge on any atom is 0.328 e. The van der Waals surface area contributed by atoms with Gasteiger partial charge in [-0.2, -0.15) is 0 Å². The molecule has 4 aromatic rings. The minimum atomic E-state index is -0.634. The number of hydrogen-bond donors (Lipinski definition) is 5. The van der Waals surface area contributed by atoms with Gasteiger partial charge < -0.3 is 16.8 Å². The van der Waals surface area contributed by atoms with Crippen LogP contribution in [-0.4, -0.2) is 23.9 Å². The zero-order chi connectivity index (χ0) is 29.6. The fraction of sp³-hybridized carbons (Fsp3) is 0.152. The molecule has 7 N–H and O–H groups in total. The molecule has 0 aliphatic rings. The van der Waals surface area contributed by atoms with E-state index in [4.69, 9.17) is 11.5 Å². The Labute approximate surface area is 245 Å². The standard InChI is InChI=1S/C33H35N7O2/c34-31(37-21-25-13-6-2-7-14-25)39-33(42)40-32(35)38-23-27-16-10-15-26(19-27)22-36-30(41)29(28-17-8-3-9-18-28)20-24-11-4-1-5-12-24/h1-19,29H,20-23H2,(H,36,41)(H6,34,35,37,38,39,40,42). The lowest BCUT2D eigenvalue weighted by Gasteiger charge is -2.18. The highest BCUT2D eigenvalue weighted by Crippen LogP contribution is 2.21. The summed E-state index contributed by atoms with van der Waals surface area (Å²) in [5.74, 6) is -0.443. The Morgan fingerprint density at radius 2 is 1.12 bits per heavy atom. The van der Waals surface area contributed by atoms with E-state index >= 15 is 0 Å². The van der Waals surface area contributed by atoms with Gasteiger partial charge in [-0.3, -0.25) is 15.4 Å². The van der Waals surface area contributed by atoms with Gasteiger partial charge >= 0.3 is 6.03 Å². The largest absolute Gasteiger partial charge is 0.370 e. The molecule has 3 amide bonds. The van der Waals surface area contributed by atoms with Crippen LogP contribution in [0.1, 0.15) is 33.7 Å². The third kappa shape index (κ3) is 9.63. The number of aliphatic imine (C=N–C) groups is 2. The first-order valence-corrected chi connectivity index (χ1v) is 13.6. The van der Waals surface area contributed by atoms with Gasteiger partial charge in [0, 0.05) is 6.54 Å². The van der Waals surface area contributed by atoms with Gasteiger partial charge in [-0.05, 0) is 34.2 Å². The zero-order valence-electron chi connectivity index (χ0n) is 23.2. The van der Waals surface area contributed by atoms with Crippen LogP contribution >= 0.6 is 0 Å². The van der Waals surface area contributed by atoms with E-state index in [2.05, 4.69) is 25.9 Å². The summed E-state index contributed by atoms with van der Waals surface area (Å²) in [4.78, 5) is 33.9. The summed E-state index contributed by atoms with van der Waals surface area (Å²) < 4.78 is 0. The summed E-state index contributed by atoms with van der Waals surface area (Å²) in [6, 6.07) is 36.4. The topological polar surface area (TPSA) is 147 Å². The second-order valence-electron chi connectivity index (χ2n) is 9.66. The Hall–Kier alpha value is -5.44. The van der Waals surface area contributed by atoms with Crippen molar-refractivity contribution in [2.45, 2.75) is 32.0 Å². The molecular weight excluding hydrogens is 526 g/mol. The Morgan fingerprint density at radius 1 is 0.619 bits per heavy atom. The first-order valence-electron chi connectivity index (χ1n) is 13.6. The van der Waals surface area contributed by atoms with Crippen molar-refractivity contribution in [3.63, 3.8) is 0 Å². The van der Waals surface area contributed by atoms with E-state index in [1.165, 1.54) is 0 Å². The molecule has 0 spiro atoms. The number of nitrogens with zero attached hydrogens (tertiary/aromatic N) is 2. The first-order chi connectivity index (χ1) is 20.5. The van der Waals surface area contributed by atoms with Crippen LogP contribution in [0.15, 0.2) is 125 Å². The summed E-state index contributed by atoms with van der Waals surface area (Å²) >= 11 is 0. The van der Waals surface area contributed by atoms with Crippen LogP contribution in [-0.2, 0) is 30.8 Å². The molecule has 1 atom stereocenters. The van der Waals surface area contributed by atoms with Crippen LogP contribution in [0, 0.1) is 0 Å². The number of nitrogens with two attached hydrogens (primary N) is 2. The second kappa shape index (κ2) is 15.4. The van der Waals surface area contributed by atoms with Crippen molar-refractivity contribution >= 4 is 23.9 Å².